The molecular formula is C12H16N6O2. The van der Waals surface area contributed by atoms with Crippen LogP contribution >= 0.6 is 0 Å². The summed E-state index contributed by atoms with van der Waals surface area (Å²) in [6.07, 6.45) is 0. The molecule has 2 rings (SSSR count). The van der Waals surface area contributed by atoms with Crippen LogP contribution in [0.5, 0.6) is 0 Å². The molecule has 8 nitrogen and oxygen atoms in total. The highest BCUT2D eigenvalue weighted by molar-refractivity contribution is 5.87. The van der Waals surface area contributed by atoms with Crippen molar-refractivity contribution in [2.45, 2.75) is 13.2 Å². The fourth-order valence-electron chi connectivity index (χ4n) is 1.68. The van der Waals surface area contributed by atoms with E-state index in [1.165, 1.54) is 4.80 Å². The van der Waals surface area contributed by atoms with Crippen LogP contribution in [0.15, 0.2) is 24.3 Å². The van der Waals surface area contributed by atoms with Crippen molar-refractivity contribution in [1.82, 2.24) is 25.5 Å². The van der Waals surface area contributed by atoms with Gasteiger partial charge in [0.25, 0.3) is 5.95 Å². The lowest BCUT2D eigenvalue weighted by molar-refractivity contribution is 0.184. The summed E-state index contributed by atoms with van der Waals surface area (Å²) in [7, 11) is 3.26. The smallest absolute Gasteiger partial charge is 0.321 e. The van der Waals surface area contributed by atoms with Crippen LogP contribution in [0.4, 0.5) is 10.7 Å². The molecule has 106 valence electrons. The number of anilines is 1. The molecule has 0 aliphatic heterocycles. The van der Waals surface area contributed by atoms with Crippen LogP contribution in [0.3, 0.4) is 0 Å². The van der Waals surface area contributed by atoms with Gasteiger partial charge in [-0.25, -0.2) is 4.79 Å². The first-order chi connectivity index (χ1) is 9.69. The van der Waals surface area contributed by atoms with E-state index >= 15 is 0 Å². The van der Waals surface area contributed by atoms with Crippen molar-refractivity contribution < 1.29 is 9.53 Å². The second kappa shape index (κ2) is 6.62. The molecule has 2 aromatic rings. The number of hydrogen-bond donors (Lipinski definition) is 2. The second-order valence-corrected chi connectivity index (χ2v) is 4.11. The maximum absolute atomic E-state index is 11.7. The summed E-state index contributed by atoms with van der Waals surface area (Å²) in [5.41, 5.74) is 2.03. The van der Waals surface area contributed by atoms with E-state index in [1.54, 1.807) is 14.2 Å². The topological polar surface area (TPSA) is 94.0 Å². The van der Waals surface area contributed by atoms with Crippen molar-refractivity contribution in [3.05, 3.63) is 35.4 Å². The Morgan fingerprint density at radius 1 is 1.35 bits per heavy atom. The Bertz CT molecular complexity index is 583. The number of aryl methyl sites for hydroxylation is 1. The standard InChI is InChI=1S/C12H16N6O2/c1-18-16-11(15-17-18)14-12(19)13-7-9-5-3-4-6-10(9)8-20-2/h3-6H,7-8H2,1-2H3,(H2,13,14,16,19). The van der Waals surface area contributed by atoms with Gasteiger partial charge in [0.05, 0.1) is 13.7 Å². The lowest BCUT2D eigenvalue weighted by Gasteiger charge is -2.09. The van der Waals surface area contributed by atoms with E-state index in [9.17, 15) is 4.79 Å². The van der Waals surface area contributed by atoms with Gasteiger partial charge in [-0.15, -0.1) is 5.10 Å². The van der Waals surface area contributed by atoms with E-state index in [4.69, 9.17) is 4.74 Å². The van der Waals surface area contributed by atoms with E-state index in [1.807, 2.05) is 24.3 Å². The Morgan fingerprint density at radius 2 is 2.10 bits per heavy atom. The van der Waals surface area contributed by atoms with Gasteiger partial charge < -0.3 is 10.1 Å². The summed E-state index contributed by atoms with van der Waals surface area (Å²) < 4.78 is 5.11. The first-order valence-electron chi connectivity index (χ1n) is 6.03. The Labute approximate surface area is 116 Å². The highest BCUT2D eigenvalue weighted by atomic mass is 16.5. The quantitative estimate of drug-likeness (QED) is 0.837. The molecule has 1 heterocycles. The Kier molecular flexibility index (Phi) is 4.61. The number of hydrogen-bond acceptors (Lipinski definition) is 5. The van der Waals surface area contributed by atoms with Crippen molar-refractivity contribution >= 4 is 12.0 Å². The number of carbonyl (C=O) groups excluding carboxylic acids is 1. The summed E-state index contributed by atoms with van der Waals surface area (Å²) in [5.74, 6) is 0.162. The number of carbonyl (C=O) groups is 1. The lowest BCUT2D eigenvalue weighted by atomic mass is 10.1. The number of nitrogens with one attached hydrogen (secondary N) is 2. The van der Waals surface area contributed by atoms with E-state index < -0.39 is 0 Å². The van der Waals surface area contributed by atoms with Crippen molar-refractivity contribution in [1.29, 1.82) is 0 Å². The molecule has 0 aliphatic rings. The molecule has 8 heteroatoms. The van der Waals surface area contributed by atoms with Crippen molar-refractivity contribution in [3.8, 4) is 0 Å². The molecule has 0 atom stereocenters. The lowest BCUT2D eigenvalue weighted by Crippen LogP contribution is -2.29. The van der Waals surface area contributed by atoms with E-state index in [2.05, 4.69) is 26.0 Å². The molecule has 0 unspecified atom stereocenters. The maximum Gasteiger partial charge on any atom is 0.321 e. The van der Waals surface area contributed by atoms with Crippen LogP contribution in [0.25, 0.3) is 0 Å². The van der Waals surface area contributed by atoms with Gasteiger partial charge >= 0.3 is 6.03 Å². The molecule has 0 spiro atoms. The van der Waals surface area contributed by atoms with Crippen LogP contribution in [0, 0.1) is 0 Å². The number of amides is 2. The normalized spacial score (nSPS) is 10.3. The predicted octanol–water partition coefficient (Wildman–Crippen LogP) is 0.678. The van der Waals surface area contributed by atoms with E-state index in [0.717, 1.165) is 11.1 Å². The number of benzene rings is 1. The maximum atomic E-state index is 11.7. The Morgan fingerprint density at radius 3 is 2.75 bits per heavy atom. The number of nitrogens with zero attached hydrogens (tertiary/aromatic N) is 4. The number of ether oxygens (including phenoxy) is 1. The molecule has 0 saturated heterocycles. The molecule has 0 bridgehead atoms. The van der Waals surface area contributed by atoms with Crippen molar-refractivity contribution in [2.24, 2.45) is 7.05 Å². The third-order valence-corrected chi connectivity index (χ3v) is 2.59. The summed E-state index contributed by atoms with van der Waals surface area (Å²) in [6.45, 7) is 0.900. The molecule has 20 heavy (non-hydrogen) atoms. The highest BCUT2D eigenvalue weighted by Gasteiger charge is 2.07. The van der Waals surface area contributed by atoms with Crippen LogP contribution in [0.2, 0.25) is 0 Å². The van der Waals surface area contributed by atoms with E-state index in [-0.39, 0.29) is 12.0 Å². The summed E-state index contributed by atoms with van der Waals surface area (Å²) in [6, 6.07) is 7.36. The van der Waals surface area contributed by atoms with Crippen LogP contribution in [0.1, 0.15) is 11.1 Å². The van der Waals surface area contributed by atoms with Gasteiger partial charge in [0.15, 0.2) is 0 Å². The van der Waals surface area contributed by atoms with Crippen LogP contribution in [-0.2, 0) is 24.9 Å². The van der Waals surface area contributed by atoms with Gasteiger partial charge in [-0.3, -0.25) is 5.32 Å². The zero-order valence-corrected chi connectivity index (χ0v) is 11.3. The number of methoxy groups -OCH3 is 1. The van der Waals surface area contributed by atoms with Crippen molar-refractivity contribution in [3.63, 3.8) is 0 Å². The molecule has 2 N–H and O–H groups in total. The Hall–Kier alpha value is -2.48. The molecule has 1 aromatic carbocycles. The van der Waals surface area contributed by atoms with Crippen LogP contribution in [-0.4, -0.2) is 33.3 Å². The van der Waals surface area contributed by atoms with Gasteiger partial charge in [0.2, 0.25) is 0 Å². The highest BCUT2D eigenvalue weighted by Crippen LogP contribution is 2.09. The molecule has 2 amide bonds. The number of aromatic nitrogens is 4. The number of rotatable bonds is 5. The minimum Gasteiger partial charge on any atom is -0.380 e. The van der Waals surface area contributed by atoms with Gasteiger partial charge in [-0.2, -0.15) is 4.80 Å². The van der Waals surface area contributed by atoms with E-state index in [0.29, 0.717) is 13.2 Å². The minimum atomic E-state index is -0.384. The predicted molar refractivity (Wildman–Crippen MR) is 71.8 cm³/mol. The minimum absolute atomic E-state index is 0.162. The van der Waals surface area contributed by atoms with Gasteiger partial charge in [-0.05, 0) is 16.3 Å². The second-order valence-electron chi connectivity index (χ2n) is 4.11. The monoisotopic (exact) mass is 276 g/mol. The SMILES string of the molecule is COCc1ccccc1CNC(=O)Nc1nnn(C)n1. The largest absolute Gasteiger partial charge is 0.380 e. The molecule has 0 saturated carbocycles. The number of tetrazole rings is 1. The molecule has 0 aliphatic carbocycles. The Balaban J connectivity index is 1.90. The molecule has 1 aromatic heterocycles. The zero-order valence-electron chi connectivity index (χ0n) is 11.3. The van der Waals surface area contributed by atoms with Gasteiger partial charge in [0.1, 0.15) is 0 Å². The molecular weight excluding hydrogens is 260 g/mol. The third-order valence-electron chi connectivity index (χ3n) is 2.59. The molecule has 0 radical (unpaired) electrons. The third kappa shape index (κ3) is 3.75. The average molecular weight is 276 g/mol. The van der Waals surface area contributed by atoms with Crippen LogP contribution < -0.4 is 10.6 Å². The molecule has 0 fully saturated rings. The van der Waals surface area contributed by atoms with Gasteiger partial charge in [-0.1, -0.05) is 29.4 Å². The number of urea groups is 1. The van der Waals surface area contributed by atoms with Gasteiger partial charge in [0, 0.05) is 13.7 Å². The summed E-state index contributed by atoms with van der Waals surface area (Å²) in [5, 5.41) is 16.4. The first-order valence-corrected chi connectivity index (χ1v) is 6.03. The summed E-state index contributed by atoms with van der Waals surface area (Å²) >= 11 is 0. The zero-order chi connectivity index (χ0) is 14.4. The van der Waals surface area contributed by atoms with Crippen molar-refractivity contribution in [2.75, 3.05) is 12.4 Å². The fraction of sp³-hybridized carbons (Fsp3) is 0.333. The average Bonchev–Trinajstić information content (AvgIpc) is 2.83. The first kappa shape index (κ1) is 13.9. The fourth-order valence-corrected chi connectivity index (χ4v) is 1.68. The summed E-state index contributed by atoms with van der Waals surface area (Å²) in [4.78, 5) is 13.0.